The van der Waals surface area contributed by atoms with Crippen LogP contribution in [-0.4, -0.2) is 25.9 Å². The Hall–Kier alpha value is -1.06. The van der Waals surface area contributed by atoms with E-state index >= 15 is 0 Å². The molecule has 0 radical (unpaired) electrons. The predicted octanol–water partition coefficient (Wildman–Crippen LogP) is 2.98. The third-order valence-corrected chi connectivity index (χ3v) is 4.37. The molecule has 3 rings (SSSR count). The number of fused-ring (bicyclic) bond motifs is 1. The molecular weight excluding hydrogens is 238 g/mol. The quantitative estimate of drug-likeness (QED) is 0.907. The molecule has 1 saturated carbocycles. The summed E-state index contributed by atoms with van der Waals surface area (Å²) in [5.41, 5.74) is 2.58. The standard InChI is InChI=1S/C16H23NO2/c1-11-5-3-6-14-15(7-4-8-19-16(11)14)17-12-9-13(10-12)18-2/h3,5-6,12-13,15,17H,4,7-10H2,1-2H3. The minimum absolute atomic E-state index is 0.431. The van der Waals surface area contributed by atoms with Crippen LogP contribution in [0.2, 0.25) is 0 Å². The highest BCUT2D eigenvalue weighted by atomic mass is 16.5. The minimum atomic E-state index is 0.431. The number of benzene rings is 1. The predicted molar refractivity (Wildman–Crippen MR) is 75.6 cm³/mol. The topological polar surface area (TPSA) is 30.5 Å². The fraction of sp³-hybridized carbons (Fsp3) is 0.625. The number of hydrogen-bond donors (Lipinski definition) is 1. The molecule has 19 heavy (non-hydrogen) atoms. The van der Waals surface area contributed by atoms with E-state index in [4.69, 9.17) is 9.47 Å². The van der Waals surface area contributed by atoms with Crippen LogP contribution in [0.25, 0.3) is 0 Å². The summed E-state index contributed by atoms with van der Waals surface area (Å²) in [5, 5.41) is 3.78. The minimum Gasteiger partial charge on any atom is -0.493 e. The molecule has 0 bridgehead atoms. The number of aryl methyl sites for hydroxylation is 1. The Morgan fingerprint density at radius 1 is 1.32 bits per heavy atom. The molecule has 3 heteroatoms. The van der Waals surface area contributed by atoms with Gasteiger partial charge in [-0.25, -0.2) is 0 Å². The second-order valence-corrected chi connectivity index (χ2v) is 5.73. The number of methoxy groups -OCH3 is 1. The molecule has 104 valence electrons. The molecule has 2 aliphatic rings. The SMILES string of the molecule is COC1CC(NC2CCCOc3c(C)cccc32)C1. The van der Waals surface area contributed by atoms with E-state index in [-0.39, 0.29) is 0 Å². The fourth-order valence-electron chi connectivity index (χ4n) is 3.12. The van der Waals surface area contributed by atoms with Crippen LogP contribution in [0.1, 0.15) is 42.9 Å². The smallest absolute Gasteiger partial charge is 0.126 e. The molecule has 0 spiro atoms. The van der Waals surface area contributed by atoms with E-state index in [1.807, 2.05) is 0 Å². The van der Waals surface area contributed by atoms with Crippen molar-refractivity contribution in [1.82, 2.24) is 5.32 Å². The Morgan fingerprint density at radius 3 is 2.95 bits per heavy atom. The number of nitrogens with one attached hydrogen (secondary N) is 1. The highest BCUT2D eigenvalue weighted by Crippen LogP contribution is 2.36. The van der Waals surface area contributed by atoms with Gasteiger partial charge in [-0.2, -0.15) is 0 Å². The fourth-order valence-corrected chi connectivity index (χ4v) is 3.12. The van der Waals surface area contributed by atoms with Gasteiger partial charge in [-0.15, -0.1) is 0 Å². The van der Waals surface area contributed by atoms with Crippen molar-refractivity contribution < 1.29 is 9.47 Å². The van der Waals surface area contributed by atoms with Crippen molar-refractivity contribution >= 4 is 0 Å². The van der Waals surface area contributed by atoms with Gasteiger partial charge in [0.1, 0.15) is 5.75 Å². The van der Waals surface area contributed by atoms with Gasteiger partial charge in [0.25, 0.3) is 0 Å². The van der Waals surface area contributed by atoms with Crippen LogP contribution in [0.4, 0.5) is 0 Å². The maximum atomic E-state index is 5.92. The second-order valence-electron chi connectivity index (χ2n) is 5.73. The van der Waals surface area contributed by atoms with E-state index in [0.717, 1.165) is 38.0 Å². The lowest BCUT2D eigenvalue weighted by molar-refractivity contribution is 0.0138. The molecule has 0 aromatic heterocycles. The normalized spacial score (nSPS) is 29.9. The van der Waals surface area contributed by atoms with Crippen molar-refractivity contribution in [2.75, 3.05) is 13.7 Å². The van der Waals surface area contributed by atoms with Crippen molar-refractivity contribution in [3.05, 3.63) is 29.3 Å². The first-order chi connectivity index (χ1) is 9.28. The van der Waals surface area contributed by atoms with Crippen molar-refractivity contribution in [3.8, 4) is 5.75 Å². The van der Waals surface area contributed by atoms with E-state index in [9.17, 15) is 0 Å². The van der Waals surface area contributed by atoms with Gasteiger partial charge < -0.3 is 14.8 Å². The van der Waals surface area contributed by atoms with E-state index in [1.165, 1.54) is 11.1 Å². The molecular formula is C16H23NO2. The Balaban J connectivity index is 1.74. The lowest BCUT2D eigenvalue weighted by atomic mass is 9.87. The van der Waals surface area contributed by atoms with Crippen molar-refractivity contribution in [2.45, 2.75) is 50.8 Å². The molecule has 1 N–H and O–H groups in total. The van der Waals surface area contributed by atoms with Crippen molar-refractivity contribution in [3.63, 3.8) is 0 Å². The van der Waals surface area contributed by atoms with Gasteiger partial charge in [-0.3, -0.25) is 0 Å². The summed E-state index contributed by atoms with van der Waals surface area (Å²) < 4.78 is 11.3. The van der Waals surface area contributed by atoms with Crippen LogP contribution in [0.3, 0.4) is 0 Å². The average molecular weight is 261 g/mol. The van der Waals surface area contributed by atoms with Gasteiger partial charge in [0.15, 0.2) is 0 Å². The summed E-state index contributed by atoms with van der Waals surface area (Å²) >= 11 is 0. The van der Waals surface area contributed by atoms with E-state index in [1.54, 1.807) is 7.11 Å². The summed E-state index contributed by atoms with van der Waals surface area (Å²) in [6.45, 7) is 2.97. The Labute approximate surface area is 115 Å². The third kappa shape index (κ3) is 2.63. The summed E-state index contributed by atoms with van der Waals surface area (Å²) in [6.07, 6.45) is 5.00. The molecule has 1 aromatic rings. The van der Waals surface area contributed by atoms with Crippen LogP contribution in [0.15, 0.2) is 18.2 Å². The first-order valence-electron chi connectivity index (χ1n) is 7.29. The highest BCUT2D eigenvalue weighted by molar-refractivity contribution is 5.43. The molecule has 1 unspecified atom stereocenters. The number of rotatable bonds is 3. The monoisotopic (exact) mass is 261 g/mol. The zero-order valence-electron chi connectivity index (χ0n) is 11.8. The average Bonchev–Trinajstić information content (AvgIpc) is 2.57. The van der Waals surface area contributed by atoms with Crippen LogP contribution in [0, 0.1) is 6.92 Å². The van der Waals surface area contributed by atoms with Gasteiger partial charge in [-0.05, 0) is 38.2 Å². The van der Waals surface area contributed by atoms with Gasteiger partial charge in [0.05, 0.1) is 12.7 Å². The Kier molecular flexibility index (Phi) is 3.76. The van der Waals surface area contributed by atoms with Gasteiger partial charge in [0, 0.05) is 24.8 Å². The van der Waals surface area contributed by atoms with E-state index in [0.29, 0.717) is 18.2 Å². The molecule has 1 aromatic carbocycles. The van der Waals surface area contributed by atoms with E-state index < -0.39 is 0 Å². The van der Waals surface area contributed by atoms with Crippen LogP contribution in [0.5, 0.6) is 5.75 Å². The zero-order chi connectivity index (χ0) is 13.2. The summed E-state index contributed by atoms with van der Waals surface area (Å²) in [5.74, 6) is 1.10. The summed E-state index contributed by atoms with van der Waals surface area (Å²) in [6, 6.07) is 7.50. The number of hydrogen-bond acceptors (Lipinski definition) is 3. The summed E-state index contributed by atoms with van der Waals surface area (Å²) in [4.78, 5) is 0. The first-order valence-corrected chi connectivity index (χ1v) is 7.29. The van der Waals surface area contributed by atoms with E-state index in [2.05, 4.69) is 30.4 Å². The summed E-state index contributed by atoms with van der Waals surface area (Å²) in [7, 11) is 1.80. The van der Waals surface area contributed by atoms with Crippen LogP contribution in [-0.2, 0) is 4.74 Å². The van der Waals surface area contributed by atoms with Crippen LogP contribution < -0.4 is 10.1 Å². The molecule has 1 fully saturated rings. The molecule has 0 amide bonds. The molecule has 1 atom stereocenters. The Morgan fingerprint density at radius 2 is 2.16 bits per heavy atom. The highest BCUT2D eigenvalue weighted by Gasteiger charge is 2.32. The maximum absolute atomic E-state index is 5.92. The number of ether oxygens (including phenoxy) is 2. The first kappa shape index (κ1) is 12.9. The molecule has 0 saturated heterocycles. The van der Waals surface area contributed by atoms with Crippen molar-refractivity contribution in [1.29, 1.82) is 0 Å². The van der Waals surface area contributed by atoms with Gasteiger partial charge in [0.2, 0.25) is 0 Å². The Bertz CT molecular complexity index is 440. The lowest BCUT2D eigenvalue weighted by Gasteiger charge is -2.37. The van der Waals surface area contributed by atoms with Gasteiger partial charge >= 0.3 is 0 Å². The third-order valence-electron chi connectivity index (χ3n) is 4.37. The van der Waals surface area contributed by atoms with Crippen molar-refractivity contribution in [2.24, 2.45) is 0 Å². The van der Waals surface area contributed by atoms with Gasteiger partial charge in [-0.1, -0.05) is 18.2 Å². The zero-order valence-corrected chi connectivity index (χ0v) is 11.8. The lowest BCUT2D eigenvalue weighted by Crippen LogP contribution is -2.46. The molecule has 1 aliphatic carbocycles. The maximum Gasteiger partial charge on any atom is 0.126 e. The van der Waals surface area contributed by atoms with Crippen LogP contribution >= 0.6 is 0 Å². The largest absolute Gasteiger partial charge is 0.493 e. The second kappa shape index (κ2) is 5.51. The molecule has 3 nitrogen and oxygen atoms in total. The number of para-hydroxylation sites is 1. The molecule has 1 aliphatic heterocycles. The molecule has 1 heterocycles.